The molecule has 1 fully saturated rings. The molecular weight excluding hydrogens is 104 g/mol. The number of nitrogens with two attached hydrogens (primary N) is 1. The van der Waals surface area contributed by atoms with Crippen LogP contribution in [0.4, 0.5) is 0 Å². The van der Waals surface area contributed by atoms with Crippen molar-refractivity contribution >= 4 is 0 Å². The molecule has 1 atom stereocenters. The summed E-state index contributed by atoms with van der Waals surface area (Å²) in [4.78, 5) is 4.63. The van der Waals surface area contributed by atoms with Crippen molar-refractivity contribution in [2.75, 3.05) is 13.1 Å². The fraction of sp³-hybridized carbons (Fsp3) is 1.00. The van der Waals surface area contributed by atoms with Crippen molar-refractivity contribution in [1.29, 1.82) is 0 Å². The Balaban J connectivity index is 2.13. The molecule has 0 aromatic rings. The molecule has 8 heavy (non-hydrogen) atoms. The van der Waals surface area contributed by atoms with E-state index in [4.69, 9.17) is 5.90 Å². The molecule has 0 aromatic carbocycles. The Hall–Kier alpha value is -0.120. The zero-order valence-electron chi connectivity index (χ0n) is 4.89. The van der Waals surface area contributed by atoms with E-state index >= 15 is 0 Å². The van der Waals surface area contributed by atoms with Crippen LogP contribution in [0.15, 0.2) is 0 Å². The van der Waals surface area contributed by atoms with Crippen LogP contribution in [0.1, 0.15) is 12.8 Å². The summed E-state index contributed by atoms with van der Waals surface area (Å²) >= 11 is 0. The lowest BCUT2D eigenvalue weighted by Crippen LogP contribution is -2.36. The Kier molecular flexibility index (Phi) is 2.27. The van der Waals surface area contributed by atoms with Gasteiger partial charge in [0.05, 0.1) is 6.10 Å². The van der Waals surface area contributed by atoms with Crippen molar-refractivity contribution in [3.63, 3.8) is 0 Å². The van der Waals surface area contributed by atoms with Crippen molar-refractivity contribution in [2.45, 2.75) is 18.9 Å². The third-order valence-corrected chi connectivity index (χ3v) is 1.44. The Morgan fingerprint density at radius 1 is 1.62 bits per heavy atom. The molecule has 0 radical (unpaired) electrons. The monoisotopic (exact) mass is 116 g/mol. The molecule has 3 heteroatoms. The van der Waals surface area contributed by atoms with E-state index in [1.807, 2.05) is 0 Å². The van der Waals surface area contributed by atoms with Crippen LogP contribution in [0.3, 0.4) is 0 Å². The Labute approximate surface area is 49.2 Å². The maximum atomic E-state index is 4.96. The van der Waals surface area contributed by atoms with Gasteiger partial charge in [-0.1, -0.05) is 0 Å². The summed E-state index contributed by atoms with van der Waals surface area (Å²) in [5.41, 5.74) is 0. The minimum Gasteiger partial charge on any atom is -0.314 e. The number of piperidine rings is 1. The van der Waals surface area contributed by atoms with Crippen LogP contribution in [0.2, 0.25) is 0 Å². The molecule has 0 aliphatic carbocycles. The van der Waals surface area contributed by atoms with Crippen LogP contribution < -0.4 is 11.2 Å². The van der Waals surface area contributed by atoms with E-state index in [0.717, 1.165) is 19.5 Å². The molecule has 3 nitrogen and oxygen atoms in total. The SMILES string of the molecule is NOC1CCCNC1. The number of rotatable bonds is 1. The van der Waals surface area contributed by atoms with Gasteiger partial charge in [-0.25, -0.2) is 5.90 Å². The van der Waals surface area contributed by atoms with Crippen LogP contribution >= 0.6 is 0 Å². The first kappa shape index (κ1) is 6.01. The summed E-state index contributed by atoms with van der Waals surface area (Å²) in [6, 6.07) is 0. The van der Waals surface area contributed by atoms with Gasteiger partial charge in [-0.05, 0) is 19.4 Å². The summed E-state index contributed by atoms with van der Waals surface area (Å²) in [6.07, 6.45) is 2.54. The van der Waals surface area contributed by atoms with E-state index in [2.05, 4.69) is 10.2 Å². The largest absolute Gasteiger partial charge is 0.314 e. The molecule has 0 bridgehead atoms. The number of hydrogen-bond donors (Lipinski definition) is 2. The fourth-order valence-electron chi connectivity index (χ4n) is 0.936. The van der Waals surface area contributed by atoms with Gasteiger partial charge in [0.15, 0.2) is 0 Å². The zero-order valence-corrected chi connectivity index (χ0v) is 4.89. The third kappa shape index (κ3) is 1.43. The maximum absolute atomic E-state index is 4.96. The lowest BCUT2D eigenvalue weighted by molar-refractivity contribution is 0.0367. The lowest BCUT2D eigenvalue weighted by Gasteiger charge is -2.19. The maximum Gasteiger partial charge on any atom is 0.0911 e. The quantitative estimate of drug-likeness (QED) is 0.459. The van der Waals surface area contributed by atoms with Gasteiger partial charge in [0.1, 0.15) is 0 Å². The molecule has 1 unspecified atom stereocenters. The van der Waals surface area contributed by atoms with E-state index in [9.17, 15) is 0 Å². The molecule has 0 spiro atoms. The number of hydrogen-bond acceptors (Lipinski definition) is 3. The van der Waals surface area contributed by atoms with Gasteiger partial charge in [-0.15, -0.1) is 0 Å². The van der Waals surface area contributed by atoms with Crippen LogP contribution in [0.5, 0.6) is 0 Å². The molecule has 3 N–H and O–H groups in total. The number of nitrogens with one attached hydrogen (secondary N) is 1. The summed E-state index contributed by atoms with van der Waals surface area (Å²) in [5, 5.41) is 3.18. The molecular formula is C5H12N2O. The second kappa shape index (κ2) is 3.02. The molecule has 0 aromatic heterocycles. The first-order valence-corrected chi connectivity index (χ1v) is 3.00. The zero-order chi connectivity index (χ0) is 5.82. The van der Waals surface area contributed by atoms with Crippen molar-refractivity contribution in [3.05, 3.63) is 0 Å². The smallest absolute Gasteiger partial charge is 0.0911 e. The molecule has 1 saturated heterocycles. The Morgan fingerprint density at radius 3 is 2.88 bits per heavy atom. The predicted octanol–water partition coefficient (Wildman–Crippen LogP) is -0.371. The highest BCUT2D eigenvalue weighted by molar-refractivity contribution is 4.67. The van der Waals surface area contributed by atoms with E-state index in [0.29, 0.717) is 0 Å². The van der Waals surface area contributed by atoms with E-state index in [-0.39, 0.29) is 6.10 Å². The van der Waals surface area contributed by atoms with E-state index in [1.54, 1.807) is 0 Å². The highest BCUT2D eigenvalue weighted by Gasteiger charge is 2.10. The summed E-state index contributed by atoms with van der Waals surface area (Å²) in [5.74, 6) is 4.96. The lowest BCUT2D eigenvalue weighted by atomic mass is 10.1. The van der Waals surface area contributed by atoms with Gasteiger partial charge in [-0.3, -0.25) is 4.84 Å². The topological polar surface area (TPSA) is 47.3 Å². The Bertz CT molecular complexity index is 61.4. The molecule has 1 aliphatic rings. The molecule has 48 valence electrons. The van der Waals surface area contributed by atoms with E-state index in [1.165, 1.54) is 6.42 Å². The minimum atomic E-state index is 0.253. The second-order valence-electron chi connectivity index (χ2n) is 2.10. The molecule has 1 rings (SSSR count). The average Bonchev–Trinajstić information content (AvgIpc) is 1.90. The van der Waals surface area contributed by atoms with Crippen LogP contribution in [0.25, 0.3) is 0 Å². The summed E-state index contributed by atoms with van der Waals surface area (Å²) in [7, 11) is 0. The minimum absolute atomic E-state index is 0.253. The van der Waals surface area contributed by atoms with E-state index < -0.39 is 0 Å². The molecule has 0 saturated carbocycles. The fourth-order valence-corrected chi connectivity index (χ4v) is 0.936. The first-order chi connectivity index (χ1) is 3.93. The molecule has 1 aliphatic heterocycles. The van der Waals surface area contributed by atoms with Crippen molar-refractivity contribution in [1.82, 2.24) is 5.32 Å². The summed E-state index contributed by atoms with van der Waals surface area (Å²) in [6.45, 7) is 2.02. The highest BCUT2D eigenvalue weighted by atomic mass is 16.6. The summed E-state index contributed by atoms with van der Waals surface area (Å²) < 4.78 is 0. The molecule has 0 amide bonds. The van der Waals surface area contributed by atoms with Crippen LogP contribution in [-0.2, 0) is 4.84 Å². The molecule has 1 heterocycles. The first-order valence-electron chi connectivity index (χ1n) is 3.00. The van der Waals surface area contributed by atoms with Gasteiger partial charge in [-0.2, -0.15) is 0 Å². The normalized spacial score (nSPS) is 30.4. The van der Waals surface area contributed by atoms with Crippen molar-refractivity contribution < 1.29 is 4.84 Å². The average molecular weight is 116 g/mol. The third-order valence-electron chi connectivity index (χ3n) is 1.44. The van der Waals surface area contributed by atoms with Gasteiger partial charge in [0, 0.05) is 6.54 Å². The van der Waals surface area contributed by atoms with Gasteiger partial charge >= 0.3 is 0 Å². The van der Waals surface area contributed by atoms with Gasteiger partial charge in [0.25, 0.3) is 0 Å². The standard InChI is InChI=1S/C5H12N2O/c6-8-5-2-1-3-7-4-5/h5,7H,1-4,6H2. The Morgan fingerprint density at radius 2 is 2.50 bits per heavy atom. The van der Waals surface area contributed by atoms with Crippen LogP contribution in [-0.4, -0.2) is 19.2 Å². The van der Waals surface area contributed by atoms with Crippen molar-refractivity contribution in [3.8, 4) is 0 Å². The second-order valence-corrected chi connectivity index (χ2v) is 2.10. The highest BCUT2D eigenvalue weighted by Crippen LogP contribution is 2.02. The van der Waals surface area contributed by atoms with Gasteiger partial charge in [0.2, 0.25) is 0 Å². The van der Waals surface area contributed by atoms with Crippen molar-refractivity contribution in [2.24, 2.45) is 5.90 Å². The van der Waals surface area contributed by atoms with Gasteiger partial charge < -0.3 is 5.32 Å². The predicted molar refractivity (Wildman–Crippen MR) is 31.2 cm³/mol. The van der Waals surface area contributed by atoms with Crippen LogP contribution in [0, 0.1) is 0 Å².